The molecule has 5 rings (SSSR count). The van der Waals surface area contributed by atoms with Gasteiger partial charge in [0.15, 0.2) is 0 Å². The van der Waals surface area contributed by atoms with Gasteiger partial charge in [-0.15, -0.1) is 0 Å². The summed E-state index contributed by atoms with van der Waals surface area (Å²) in [6.07, 6.45) is 1.33. The van der Waals surface area contributed by atoms with Gasteiger partial charge in [0.1, 0.15) is 18.1 Å². The molecule has 0 amide bonds. The lowest BCUT2D eigenvalue weighted by atomic mass is 9.97. The molecule has 3 aromatic rings. The summed E-state index contributed by atoms with van der Waals surface area (Å²) in [5.74, 6) is 0.760. The summed E-state index contributed by atoms with van der Waals surface area (Å²) < 4.78 is 6.31. The van der Waals surface area contributed by atoms with Gasteiger partial charge in [-0.05, 0) is 35.9 Å². The second kappa shape index (κ2) is 7.86. The predicted molar refractivity (Wildman–Crippen MR) is 115 cm³/mol. The molecule has 0 saturated carbocycles. The summed E-state index contributed by atoms with van der Waals surface area (Å²) in [6, 6.07) is 13.4. The standard InChI is InChI=1S/C23H21ClN4O2/c24-16-10-15-11-21(23(29)28-7-5-26-6-8-28)30-22(15)19(12-16)17-3-4-27-20-9-14(13-25)1-2-18(17)20/h1-4,9-10,12,21,23,26,29H,5-8,11H2. The number of halogens is 1. The molecule has 6 nitrogen and oxygen atoms in total. The molecule has 0 aliphatic carbocycles. The highest BCUT2D eigenvalue weighted by molar-refractivity contribution is 6.31. The first kappa shape index (κ1) is 19.3. The van der Waals surface area contributed by atoms with E-state index in [4.69, 9.17) is 16.3 Å². The fourth-order valence-electron chi connectivity index (χ4n) is 4.35. The number of fused-ring (bicyclic) bond motifs is 2. The highest BCUT2D eigenvalue weighted by Gasteiger charge is 2.35. The van der Waals surface area contributed by atoms with Crippen LogP contribution in [-0.2, 0) is 6.42 Å². The highest BCUT2D eigenvalue weighted by Crippen LogP contribution is 2.43. The molecule has 2 aliphatic heterocycles. The van der Waals surface area contributed by atoms with Crippen LogP contribution in [0, 0.1) is 11.3 Å². The molecule has 1 aromatic heterocycles. The zero-order chi connectivity index (χ0) is 20.7. The van der Waals surface area contributed by atoms with Gasteiger partial charge < -0.3 is 15.2 Å². The average molecular weight is 421 g/mol. The summed E-state index contributed by atoms with van der Waals surface area (Å²) in [4.78, 5) is 6.47. The Labute approximate surface area is 179 Å². The second-order valence-corrected chi connectivity index (χ2v) is 8.14. The molecule has 2 N–H and O–H groups in total. The molecular formula is C23H21ClN4O2. The molecule has 2 unspecified atom stereocenters. The third kappa shape index (κ3) is 3.40. The summed E-state index contributed by atoms with van der Waals surface area (Å²) in [5.41, 5.74) is 4.13. The molecule has 1 fully saturated rings. The molecule has 7 heteroatoms. The van der Waals surface area contributed by atoms with E-state index >= 15 is 0 Å². The van der Waals surface area contributed by atoms with E-state index in [1.165, 1.54) is 0 Å². The zero-order valence-corrected chi connectivity index (χ0v) is 17.1. The van der Waals surface area contributed by atoms with Gasteiger partial charge in [-0.1, -0.05) is 17.7 Å². The van der Waals surface area contributed by atoms with E-state index < -0.39 is 6.23 Å². The minimum atomic E-state index is -0.668. The number of ether oxygens (including phenoxy) is 1. The Kier molecular flexibility index (Phi) is 5.05. The van der Waals surface area contributed by atoms with Crippen molar-refractivity contribution in [1.29, 1.82) is 5.26 Å². The Morgan fingerprint density at radius 3 is 2.83 bits per heavy atom. The second-order valence-electron chi connectivity index (χ2n) is 7.70. The number of pyridine rings is 1. The SMILES string of the molecule is N#Cc1ccc2c(-c3cc(Cl)cc4c3OC(C(O)N3CCNCC3)C4)ccnc2c1. The topological polar surface area (TPSA) is 81.4 Å². The number of nitrogens with zero attached hydrogens (tertiary/aromatic N) is 3. The van der Waals surface area contributed by atoms with Gasteiger partial charge in [-0.3, -0.25) is 9.88 Å². The molecule has 0 spiro atoms. The number of aliphatic hydroxyl groups is 1. The summed E-state index contributed by atoms with van der Waals surface area (Å²) in [7, 11) is 0. The Morgan fingerprint density at radius 1 is 1.20 bits per heavy atom. The average Bonchev–Trinajstić information content (AvgIpc) is 3.21. The van der Waals surface area contributed by atoms with Crippen LogP contribution in [0.4, 0.5) is 0 Å². The van der Waals surface area contributed by atoms with E-state index in [-0.39, 0.29) is 6.10 Å². The number of benzene rings is 2. The van der Waals surface area contributed by atoms with Gasteiger partial charge in [-0.2, -0.15) is 5.26 Å². The molecule has 2 aromatic carbocycles. The minimum absolute atomic E-state index is 0.339. The lowest BCUT2D eigenvalue weighted by Crippen LogP contribution is -2.53. The van der Waals surface area contributed by atoms with Crippen LogP contribution < -0.4 is 10.1 Å². The third-order valence-electron chi connectivity index (χ3n) is 5.84. The number of nitriles is 1. The molecule has 0 radical (unpaired) electrons. The van der Waals surface area contributed by atoms with E-state index in [9.17, 15) is 10.4 Å². The Balaban J connectivity index is 1.54. The van der Waals surface area contributed by atoms with Crippen LogP contribution in [0.15, 0.2) is 42.6 Å². The first-order valence-electron chi connectivity index (χ1n) is 10.1. The van der Waals surface area contributed by atoms with Crippen molar-refractivity contribution in [2.75, 3.05) is 26.2 Å². The third-order valence-corrected chi connectivity index (χ3v) is 6.06. The molecule has 3 heterocycles. The summed E-state index contributed by atoms with van der Waals surface area (Å²) in [6.45, 7) is 3.31. The number of rotatable bonds is 3. The smallest absolute Gasteiger partial charge is 0.145 e. The summed E-state index contributed by atoms with van der Waals surface area (Å²) in [5, 5.41) is 25.0. The number of nitrogens with one attached hydrogen (secondary N) is 1. The lowest BCUT2D eigenvalue weighted by molar-refractivity contribution is -0.0692. The van der Waals surface area contributed by atoms with Gasteiger partial charge in [0.05, 0.1) is 17.1 Å². The van der Waals surface area contributed by atoms with E-state index in [0.29, 0.717) is 17.0 Å². The van der Waals surface area contributed by atoms with Crippen LogP contribution in [-0.4, -0.2) is 53.5 Å². The Bertz CT molecular complexity index is 1150. The van der Waals surface area contributed by atoms with Crippen LogP contribution >= 0.6 is 11.6 Å². The van der Waals surface area contributed by atoms with Crippen LogP contribution in [0.3, 0.4) is 0 Å². The largest absolute Gasteiger partial charge is 0.485 e. The molecule has 2 aliphatic rings. The van der Waals surface area contributed by atoms with Crippen LogP contribution in [0.25, 0.3) is 22.0 Å². The van der Waals surface area contributed by atoms with E-state index in [0.717, 1.165) is 59.5 Å². The van der Waals surface area contributed by atoms with Crippen molar-refractivity contribution < 1.29 is 9.84 Å². The van der Waals surface area contributed by atoms with E-state index in [1.54, 1.807) is 18.3 Å². The van der Waals surface area contributed by atoms with Crippen LogP contribution in [0.1, 0.15) is 11.1 Å². The van der Waals surface area contributed by atoms with Crippen molar-refractivity contribution in [3.8, 4) is 22.9 Å². The highest BCUT2D eigenvalue weighted by atomic mass is 35.5. The molecular weight excluding hydrogens is 400 g/mol. The molecule has 30 heavy (non-hydrogen) atoms. The van der Waals surface area contributed by atoms with Crippen molar-refractivity contribution in [3.63, 3.8) is 0 Å². The first-order chi connectivity index (χ1) is 14.6. The van der Waals surface area contributed by atoms with Gasteiger partial charge in [0.25, 0.3) is 0 Å². The predicted octanol–water partition coefficient (Wildman–Crippen LogP) is 2.95. The Morgan fingerprint density at radius 2 is 2.03 bits per heavy atom. The fraction of sp³-hybridized carbons (Fsp3) is 0.304. The molecule has 152 valence electrons. The van der Waals surface area contributed by atoms with E-state index in [2.05, 4.69) is 21.3 Å². The van der Waals surface area contributed by atoms with Crippen molar-refractivity contribution in [3.05, 3.63) is 58.7 Å². The number of aliphatic hydroxyl groups excluding tert-OH is 1. The van der Waals surface area contributed by atoms with Crippen molar-refractivity contribution in [2.24, 2.45) is 0 Å². The first-order valence-corrected chi connectivity index (χ1v) is 10.4. The normalized spacial score (nSPS) is 19.8. The monoisotopic (exact) mass is 420 g/mol. The number of aromatic nitrogens is 1. The van der Waals surface area contributed by atoms with Crippen molar-refractivity contribution in [1.82, 2.24) is 15.2 Å². The summed E-state index contributed by atoms with van der Waals surface area (Å²) >= 11 is 6.46. The van der Waals surface area contributed by atoms with Gasteiger partial charge in [-0.25, -0.2) is 0 Å². The zero-order valence-electron chi connectivity index (χ0n) is 16.3. The van der Waals surface area contributed by atoms with Crippen LogP contribution in [0.2, 0.25) is 5.02 Å². The Hall–Kier alpha value is -2.69. The number of hydrogen-bond donors (Lipinski definition) is 2. The molecule has 2 atom stereocenters. The lowest BCUT2D eigenvalue weighted by Gasteiger charge is -2.34. The number of hydrogen-bond acceptors (Lipinski definition) is 6. The van der Waals surface area contributed by atoms with Gasteiger partial charge >= 0.3 is 0 Å². The maximum absolute atomic E-state index is 10.9. The van der Waals surface area contributed by atoms with E-state index in [1.807, 2.05) is 24.3 Å². The van der Waals surface area contributed by atoms with Gasteiger partial charge in [0, 0.05) is 60.3 Å². The molecule has 0 bridgehead atoms. The van der Waals surface area contributed by atoms with Gasteiger partial charge in [0.2, 0.25) is 0 Å². The fourth-order valence-corrected chi connectivity index (χ4v) is 4.59. The maximum Gasteiger partial charge on any atom is 0.145 e. The van der Waals surface area contributed by atoms with Crippen molar-refractivity contribution >= 4 is 22.5 Å². The van der Waals surface area contributed by atoms with Crippen LogP contribution in [0.5, 0.6) is 5.75 Å². The van der Waals surface area contributed by atoms with Crippen molar-refractivity contribution in [2.45, 2.75) is 18.8 Å². The molecule has 1 saturated heterocycles. The maximum atomic E-state index is 10.9. The quantitative estimate of drug-likeness (QED) is 0.678. The number of piperazine rings is 1. The minimum Gasteiger partial charge on any atom is -0.485 e.